The Hall–Kier alpha value is -3.33. The Morgan fingerprint density at radius 2 is 1.97 bits per heavy atom. The van der Waals surface area contributed by atoms with Gasteiger partial charge < -0.3 is 14.6 Å². The van der Waals surface area contributed by atoms with Crippen LogP contribution >= 0.6 is 0 Å². The lowest BCUT2D eigenvalue weighted by atomic mass is 10.2. The fourth-order valence-electron chi connectivity index (χ4n) is 2.96. The van der Waals surface area contributed by atoms with Crippen LogP contribution in [0.5, 0.6) is 0 Å². The summed E-state index contributed by atoms with van der Waals surface area (Å²) in [6.07, 6.45) is 0.734. The second-order valence-electron chi connectivity index (χ2n) is 6.48. The van der Waals surface area contributed by atoms with Crippen LogP contribution in [0.25, 0.3) is 11.0 Å². The summed E-state index contributed by atoms with van der Waals surface area (Å²) in [5, 5.41) is 5.00. The first kappa shape index (κ1) is 21.4. The number of halogens is 2. The molecule has 0 unspecified atom stereocenters. The minimum absolute atomic E-state index is 0.340. The molecule has 0 saturated carbocycles. The highest BCUT2D eigenvalue weighted by Gasteiger charge is 2.16. The van der Waals surface area contributed by atoms with Crippen LogP contribution in [0, 0.1) is 11.6 Å². The number of fused-ring (bicyclic) bond motifs is 1. The molecule has 7 nitrogen and oxygen atoms in total. The standard InChI is InChI=1S/C21H22F2N4O3/c1-2-30-11-5-10-27-18-7-4-3-6-17(18)25-21(27)26-19(28)13-24-20(29)15-9-8-14(22)12-16(15)23/h3-4,6-9,12H,2,5,10-11,13H2,1H3,(H,24,29)(H,25,26,28). The summed E-state index contributed by atoms with van der Waals surface area (Å²) in [5.74, 6) is -2.77. The zero-order valence-electron chi connectivity index (χ0n) is 16.5. The molecule has 2 amide bonds. The lowest BCUT2D eigenvalue weighted by Crippen LogP contribution is -2.34. The molecule has 0 saturated heterocycles. The molecule has 0 aliphatic heterocycles. The number of rotatable bonds is 9. The molecule has 0 fully saturated rings. The fourth-order valence-corrected chi connectivity index (χ4v) is 2.96. The zero-order chi connectivity index (χ0) is 21.5. The summed E-state index contributed by atoms with van der Waals surface area (Å²) in [5.41, 5.74) is 1.25. The molecule has 0 bridgehead atoms. The van der Waals surface area contributed by atoms with Gasteiger partial charge in [0.1, 0.15) is 11.6 Å². The highest BCUT2D eigenvalue weighted by atomic mass is 19.1. The van der Waals surface area contributed by atoms with E-state index in [1.54, 1.807) is 0 Å². The molecule has 30 heavy (non-hydrogen) atoms. The van der Waals surface area contributed by atoms with E-state index in [-0.39, 0.29) is 5.56 Å². The normalized spacial score (nSPS) is 10.9. The lowest BCUT2D eigenvalue weighted by molar-refractivity contribution is -0.115. The van der Waals surface area contributed by atoms with Crippen LogP contribution in [-0.2, 0) is 16.1 Å². The predicted molar refractivity (Wildman–Crippen MR) is 108 cm³/mol. The number of benzene rings is 2. The minimum Gasteiger partial charge on any atom is -0.382 e. The van der Waals surface area contributed by atoms with E-state index in [0.717, 1.165) is 29.6 Å². The van der Waals surface area contributed by atoms with Crippen molar-refractivity contribution in [3.8, 4) is 0 Å². The van der Waals surface area contributed by atoms with Crippen molar-refractivity contribution in [2.75, 3.05) is 25.1 Å². The number of imidazole rings is 1. The molecule has 0 aliphatic rings. The maximum absolute atomic E-state index is 13.7. The third kappa shape index (κ3) is 5.18. The van der Waals surface area contributed by atoms with Crippen molar-refractivity contribution in [2.24, 2.45) is 0 Å². The number of amides is 2. The van der Waals surface area contributed by atoms with Gasteiger partial charge in [-0.3, -0.25) is 14.9 Å². The second-order valence-corrected chi connectivity index (χ2v) is 6.48. The van der Waals surface area contributed by atoms with E-state index in [1.165, 1.54) is 0 Å². The number of carbonyl (C=O) groups is 2. The summed E-state index contributed by atoms with van der Waals surface area (Å²) >= 11 is 0. The Labute approximate surface area is 172 Å². The van der Waals surface area contributed by atoms with E-state index < -0.39 is 30.0 Å². The fraction of sp³-hybridized carbons (Fsp3) is 0.286. The Bertz CT molecular complexity index is 1050. The van der Waals surface area contributed by atoms with Crippen LogP contribution in [0.4, 0.5) is 14.7 Å². The van der Waals surface area contributed by atoms with Crippen molar-refractivity contribution < 1.29 is 23.1 Å². The van der Waals surface area contributed by atoms with Gasteiger partial charge in [0, 0.05) is 25.8 Å². The first-order valence-electron chi connectivity index (χ1n) is 9.55. The molecule has 0 aliphatic carbocycles. The first-order chi connectivity index (χ1) is 14.5. The maximum atomic E-state index is 13.7. The van der Waals surface area contributed by atoms with E-state index in [1.807, 2.05) is 35.8 Å². The molecule has 0 atom stereocenters. The third-order valence-electron chi connectivity index (χ3n) is 4.37. The van der Waals surface area contributed by atoms with Crippen molar-refractivity contribution in [3.63, 3.8) is 0 Å². The number of aryl methyl sites for hydroxylation is 1. The van der Waals surface area contributed by atoms with Crippen LogP contribution in [0.15, 0.2) is 42.5 Å². The Balaban J connectivity index is 1.66. The number of hydrogen-bond donors (Lipinski definition) is 2. The number of hydrogen-bond acceptors (Lipinski definition) is 4. The van der Waals surface area contributed by atoms with Crippen LogP contribution < -0.4 is 10.6 Å². The molecule has 2 aromatic carbocycles. The van der Waals surface area contributed by atoms with Crippen molar-refractivity contribution in [1.29, 1.82) is 0 Å². The van der Waals surface area contributed by atoms with Crippen molar-refractivity contribution >= 4 is 28.8 Å². The van der Waals surface area contributed by atoms with Crippen molar-refractivity contribution in [3.05, 3.63) is 59.7 Å². The average molecular weight is 416 g/mol. The highest BCUT2D eigenvalue weighted by molar-refractivity contribution is 5.99. The quantitative estimate of drug-likeness (QED) is 0.525. The van der Waals surface area contributed by atoms with Crippen molar-refractivity contribution in [2.45, 2.75) is 19.9 Å². The van der Waals surface area contributed by atoms with Crippen molar-refractivity contribution in [1.82, 2.24) is 14.9 Å². The molecule has 2 N–H and O–H groups in total. The summed E-state index contributed by atoms with van der Waals surface area (Å²) in [7, 11) is 0. The lowest BCUT2D eigenvalue weighted by Gasteiger charge is -2.11. The molecule has 3 aromatic rings. The van der Waals surface area contributed by atoms with E-state index in [0.29, 0.717) is 31.8 Å². The van der Waals surface area contributed by atoms with Gasteiger partial charge in [0.15, 0.2) is 0 Å². The van der Waals surface area contributed by atoms with Gasteiger partial charge in [-0.1, -0.05) is 12.1 Å². The van der Waals surface area contributed by atoms with E-state index in [2.05, 4.69) is 15.6 Å². The van der Waals surface area contributed by atoms with Crippen LogP contribution in [0.1, 0.15) is 23.7 Å². The Morgan fingerprint density at radius 3 is 2.73 bits per heavy atom. The van der Waals surface area contributed by atoms with Gasteiger partial charge in [0.05, 0.1) is 23.1 Å². The smallest absolute Gasteiger partial charge is 0.254 e. The summed E-state index contributed by atoms with van der Waals surface area (Å²) in [6.45, 7) is 3.32. The number of anilines is 1. The van der Waals surface area contributed by atoms with Crippen LogP contribution in [0.2, 0.25) is 0 Å². The first-order valence-corrected chi connectivity index (χ1v) is 9.55. The molecule has 0 radical (unpaired) electrons. The average Bonchev–Trinajstić information content (AvgIpc) is 3.06. The highest BCUT2D eigenvalue weighted by Crippen LogP contribution is 2.20. The summed E-state index contributed by atoms with van der Waals surface area (Å²) in [4.78, 5) is 28.8. The van der Waals surface area contributed by atoms with Gasteiger partial charge in [-0.15, -0.1) is 0 Å². The number of ether oxygens (including phenoxy) is 1. The van der Waals surface area contributed by atoms with E-state index >= 15 is 0 Å². The third-order valence-corrected chi connectivity index (χ3v) is 4.37. The molecule has 1 aromatic heterocycles. The monoisotopic (exact) mass is 416 g/mol. The molecule has 9 heteroatoms. The van der Waals surface area contributed by atoms with E-state index in [4.69, 9.17) is 4.74 Å². The van der Waals surface area contributed by atoms with Gasteiger partial charge in [-0.05, 0) is 37.6 Å². The molecule has 3 rings (SSSR count). The van der Waals surface area contributed by atoms with E-state index in [9.17, 15) is 18.4 Å². The largest absolute Gasteiger partial charge is 0.382 e. The second kappa shape index (κ2) is 9.93. The number of aromatic nitrogens is 2. The number of nitrogens with zero attached hydrogens (tertiary/aromatic N) is 2. The van der Waals surface area contributed by atoms with Gasteiger partial charge in [0.2, 0.25) is 11.9 Å². The molecular weight excluding hydrogens is 394 g/mol. The molecule has 0 spiro atoms. The van der Waals surface area contributed by atoms with Crippen LogP contribution in [0.3, 0.4) is 0 Å². The summed E-state index contributed by atoms with van der Waals surface area (Å²) < 4.78 is 33.9. The zero-order valence-corrected chi connectivity index (χ0v) is 16.5. The Morgan fingerprint density at radius 1 is 1.17 bits per heavy atom. The SMILES string of the molecule is CCOCCCn1c(NC(=O)CNC(=O)c2ccc(F)cc2F)nc2ccccc21. The molecule has 158 valence electrons. The van der Waals surface area contributed by atoms with Gasteiger partial charge in [0.25, 0.3) is 5.91 Å². The van der Waals surface area contributed by atoms with Gasteiger partial charge >= 0.3 is 0 Å². The van der Waals surface area contributed by atoms with Gasteiger partial charge in [-0.25, -0.2) is 13.8 Å². The Kier molecular flexibility index (Phi) is 7.08. The van der Waals surface area contributed by atoms with Gasteiger partial charge in [-0.2, -0.15) is 0 Å². The summed E-state index contributed by atoms with van der Waals surface area (Å²) in [6, 6.07) is 10.1. The van der Waals surface area contributed by atoms with Crippen LogP contribution in [-0.4, -0.2) is 41.1 Å². The maximum Gasteiger partial charge on any atom is 0.254 e. The number of carbonyl (C=O) groups excluding carboxylic acids is 2. The number of para-hydroxylation sites is 2. The molecule has 1 heterocycles. The predicted octanol–water partition coefficient (Wildman–Crippen LogP) is 3.11. The molecular formula is C21H22F2N4O3. The number of nitrogens with one attached hydrogen (secondary N) is 2. The topological polar surface area (TPSA) is 85.2 Å². The minimum atomic E-state index is -0.996.